The first-order valence-corrected chi connectivity index (χ1v) is 11.1. The smallest absolute Gasteiger partial charge is 0.253 e. The Bertz CT molecular complexity index is 833. The molecule has 1 aliphatic rings. The van der Waals surface area contributed by atoms with Gasteiger partial charge in [0.1, 0.15) is 5.75 Å². The van der Waals surface area contributed by atoms with E-state index in [1.807, 2.05) is 47.1 Å². The van der Waals surface area contributed by atoms with E-state index in [-0.39, 0.29) is 17.7 Å². The number of hydrogen-bond donors (Lipinski definition) is 1. The number of amides is 2. The molecule has 1 N–H and O–H groups in total. The average Bonchev–Trinajstić information content (AvgIpc) is 2.82. The third-order valence-electron chi connectivity index (χ3n) is 5.63. The second-order valence-corrected chi connectivity index (χ2v) is 7.90. The van der Waals surface area contributed by atoms with Gasteiger partial charge in [0, 0.05) is 51.3 Å². The van der Waals surface area contributed by atoms with E-state index in [9.17, 15) is 9.59 Å². The summed E-state index contributed by atoms with van der Waals surface area (Å²) in [6.45, 7) is 8.71. The Morgan fingerprint density at radius 3 is 2.39 bits per heavy atom. The molecule has 2 aromatic rings. The number of carbonyl (C=O) groups is 2. The van der Waals surface area contributed by atoms with Crippen molar-refractivity contribution in [1.82, 2.24) is 15.1 Å². The van der Waals surface area contributed by atoms with Crippen molar-refractivity contribution >= 4 is 11.8 Å². The number of ether oxygens (including phenoxy) is 1. The van der Waals surface area contributed by atoms with Gasteiger partial charge < -0.3 is 19.9 Å². The van der Waals surface area contributed by atoms with E-state index in [1.165, 1.54) is 5.56 Å². The molecule has 2 aromatic carbocycles. The second kappa shape index (κ2) is 11.5. The highest BCUT2D eigenvalue weighted by Gasteiger charge is 2.22. The van der Waals surface area contributed by atoms with Gasteiger partial charge in [-0.3, -0.25) is 9.59 Å². The maximum absolute atomic E-state index is 13.3. The van der Waals surface area contributed by atoms with Gasteiger partial charge in [0.15, 0.2) is 0 Å². The molecule has 6 heteroatoms. The van der Waals surface area contributed by atoms with Crippen molar-refractivity contribution in [3.05, 3.63) is 65.7 Å². The molecule has 1 aliphatic heterocycles. The monoisotopic (exact) mass is 423 g/mol. The zero-order chi connectivity index (χ0) is 22.1. The van der Waals surface area contributed by atoms with E-state index in [0.717, 1.165) is 31.9 Å². The summed E-state index contributed by atoms with van der Waals surface area (Å²) in [7, 11) is 0. The van der Waals surface area contributed by atoms with Gasteiger partial charge in [0.25, 0.3) is 5.91 Å². The molecule has 1 atom stereocenters. The van der Waals surface area contributed by atoms with Gasteiger partial charge in [-0.2, -0.15) is 0 Å². The maximum atomic E-state index is 13.3. The molecule has 0 saturated carbocycles. The molecule has 1 heterocycles. The molecule has 166 valence electrons. The summed E-state index contributed by atoms with van der Waals surface area (Å²) in [6.07, 6.45) is 0.338. The number of nitrogens with one attached hydrogen (secondary N) is 1. The summed E-state index contributed by atoms with van der Waals surface area (Å²) in [5.41, 5.74) is 1.79. The molecule has 2 amide bonds. The summed E-state index contributed by atoms with van der Waals surface area (Å²) in [5, 5.41) is 3.26. The molecule has 0 radical (unpaired) electrons. The van der Waals surface area contributed by atoms with Gasteiger partial charge in [0.2, 0.25) is 5.91 Å². The van der Waals surface area contributed by atoms with Crippen molar-refractivity contribution in [2.75, 3.05) is 45.9 Å². The molecule has 0 unspecified atom stereocenters. The fraction of sp³-hybridized carbons (Fsp3) is 0.440. The minimum Gasteiger partial charge on any atom is -0.494 e. The molecule has 6 nitrogen and oxygen atoms in total. The van der Waals surface area contributed by atoms with Crippen LogP contribution < -0.4 is 10.1 Å². The molecule has 31 heavy (non-hydrogen) atoms. The predicted octanol–water partition coefficient (Wildman–Crippen LogP) is 3.15. The standard InChI is InChI=1S/C25H33N3O3/c1-3-31-23-11-9-22(10-12-23)25(30)28(19-20(2)21-7-5-4-6-8-21)16-13-24(29)27-17-14-26-15-18-27/h4-12,20,26H,3,13-19H2,1-2H3/t20-/m1/s1. The summed E-state index contributed by atoms with van der Waals surface area (Å²) in [4.78, 5) is 29.7. The van der Waals surface area contributed by atoms with Crippen molar-refractivity contribution in [2.45, 2.75) is 26.2 Å². The summed E-state index contributed by atoms with van der Waals surface area (Å²) < 4.78 is 5.49. The minimum atomic E-state index is -0.0565. The van der Waals surface area contributed by atoms with Crippen LogP contribution in [0.5, 0.6) is 5.75 Å². The van der Waals surface area contributed by atoms with Gasteiger partial charge in [-0.1, -0.05) is 37.3 Å². The van der Waals surface area contributed by atoms with E-state index < -0.39 is 0 Å². The van der Waals surface area contributed by atoms with Crippen molar-refractivity contribution in [1.29, 1.82) is 0 Å². The van der Waals surface area contributed by atoms with Crippen molar-refractivity contribution < 1.29 is 14.3 Å². The number of piperazine rings is 1. The topological polar surface area (TPSA) is 61.9 Å². The molecule has 0 bridgehead atoms. The van der Waals surface area contributed by atoms with Crippen LogP contribution in [-0.4, -0.2) is 67.5 Å². The Hall–Kier alpha value is -2.86. The summed E-state index contributed by atoms with van der Waals surface area (Å²) >= 11 is 0. The van der Waals surface area contributed by atoms with Crippen molar-refractivity contribution in [3.8, 4) is 5.75 Å². The van der Waals surface area contributed by atoms with E-state index in [1.54, 1.807) is 12.1 Å². The number of hydrogen-bond acceptors (Lipinski definition) is 4. The largest absolute Gasteiger partial charge is 0.494 e. The average molecular weight is 424 g/mol. The lowest BCUT2D eigenvalue weighted by Crippen LogP contribution is -2.47. The van der Waals surface area contributed by atoms with Crippen LogP contribution in [-0.2, 0) is 4.79 Å². The number of nitrogens with zero attached hydrogens (tertiary/aromatic N) is 2. The van der Waals surface area contributed by atoms with Crippen LogP contribution in [0.3, 0.4) is 0 Å². The van der Waals surface area contributed by atoms with Gasteiger partial charge in [0.05, 0.1) is 6.61 Å². The lowest BCUT2D eigenvalue weighted by molar-refractivity contribution is -0.131. The normalized spacial score (nSPS) is 14.7. The SMILES string of the molecule is CCOc1ccc(C(=O)N(CCC(=O)N2CCNCC2)C[C@@H](C)c2ccccc2)cc1. The summed E-state index contributed by atoms with van der Waals surface area (Å²) in [5.74, 6) is 0.969. The Morgan fingerprint density at radius 1 is 1.06 bits per heavy atom. The van der Waals surface area contributed by atoms with Crippen molar-refractivity contribution in [2.24, 2.45) is 0 Å². The first-order chi connectivity index (χ1) is 15.1. The molecule has 3 rings (SSSR count). The lowest BCUT2D eigenvalue weighted by Gasteiger charge is -2.30. The quantitative estimate of drug-likeness (QED) is 0.673. The van der Waals surface area contributed by atoms with Crippen LogP contribution in [0.2, 0.25) is 0 Å². The lowest BCUT2D eigenvalue weighted by atomic mass is 10.00. The zero-order valence-corrected chi connectivity index (χ0v) is 18.5. The van der Waals surface area contributed by atoms with Crippen LogP contribution in [0.4, 0.5) is 0 Å². The van der Waals surface area contributed by atoms with E-state index in [4.69, 9.17) is 4.74 Å². The van der Waals surface area contributed by atoms with Crippen LogP contribution in [0.1, 0.15) is 42.1 Å². The Balaban J connectivity index is 1.70. The first-order valence-electron chi connectivity index (χ1n) is 11.1. The third kappa shape index (κ3) is 6.56. The van der Waals surface area contributed by atoms with Gasteiger partial charge in [-0.15, -0.1) is 0 Å². The molecular formula is C25H33N3O3. The van der Waals surface area contributed by atoms with Crippen LogP contribution in [0, 0.1) is 0 Å². The molecule has 0 aliphatic carbocycles. The van der Waals surface area contributed by atoms with Gasteiger partial charge >= 0.3 is 0 Å². The van der Waals surface area contributed by atoms with Gasteiger partial charge in [-0.05, 0) is 42.7 Å². The molecule has 0 spiro atoms. The number of benzene rings is 2. The van der Waals surface area contributed by atoms with Crippen LogP contribution in [0.15, 0.2) is 54.6 Å². The first kappa shape index (κ1) is 22.8. The molecule has 1 saturated heterocycles. The predicted molar refractivity (Wildman–Crippen MR) is 122 cm³/mol. The van der Waals surface area contributed by atoms with Crippen molar-refractivity contribution in [3.63, 3.8) is 0 Å². The van der Waals surface area contributed by atoms with Gasteiger partial charge in [-0.25, -0.2) is 0 Å². The minimum absolute atomic E-state index is 0.0565. The second-order valence-electron chi connectivity index (χ2n) is 7.90. The summed E-state index contributed by atoms with van der Waals surface area (Å²) in [6, 6.07) is 17.4. The van der Waals surface area contributed by atoms with Crippen LogP contribution in [0.25, 0.3) is 0 Å². The highest BCUT2D eigenvalue weighted by molar-refractivity contribution is 5.94. The number of carbonyl (C=O) groups excluding carboxylic acids is 2. The van der Waals surface area contributed by atoms with Crippen LogP contribution >= 0.6 is 0 Å². The van der Waals surface area contributed by atoms with E-state index in [2.05, 4.69) is 24.4 Å². The molecular weight excluding hydrogens is 390 g/mol. The maximum Gasteiger partial charge on any atom is 0.253 e. The fourth-order valence-corrected chi connectivity index (χ4v) is 3.84. The highest BCUT2D eigenvalue weighted by atomic mass is 16.5. The van der Waals surface area contributed by atoms with E-state index in [0.29, 0.717) is 31.7 Å². The third-order valence-corrected chi connectivity index (χ3v) is 5.63. The molecule has 1 fully saturated rings. The zero-order valence-electron chi connectivity index (χ0n) is 18.5. The fourth-order valence-electron chi connectivity index (χ4n) is 3.84. The Labute approximate surface area is 185 Å². The highest BCUT2D eigenvalue weighted by Crippen LogP contribution is 2.19. The Morgan fingerprint density at radius 2 is 1.74 bits per heavy atom. The van der Waals surface area contributed by atoms with E-state index >= 15 is 0 Å². The number of rotatable bonds is 9. The Kier molecular flexibility index (Phi) is 8.47. The molecule has 0 aromatic heterocycles.